The van der Waals surface area contributed by atoms with E-state index >= 15 is 0 Å². The molecule has 0 aliphatic heterocycles. The number of hydrogen-bond donors (Lipinski definition) is 2. The number of hydrazone groups is 1. The molecule has 0 amide bonds. The van der Waals surface area contributed by atoms with E-state index in [1.165, 1.54) is 12.1 Å². The van der Waals surface area contributed by atoms with E-state index < -0.39 is 6.36 Å². The molecule has 3 aromatic carbocycles. The van der Waals surface area contributed by atoms with Crippen molar-refractivity contribution in [1.82, 2.24) is 20.2 Å². The van der Waals surface area contributed by atoms with Crippen molar-refractivity contribution < 1.29 is 17.9 Å². The molecule has 0 fully saturated rings. The number of aromatic nitrogens is 3. The van der Waals surface area contributed by atoms with Gasteiger partial charge in [0.2, 0.25) is 0 Å². The van der Waals surface area contributed by atoms with Crippen LogP contribution < -0.4 is 15.5 Å². The zero-order valence-electron chi connectivity index (χ0n) is 19.6. The maximum Gasteiger partial charge on any atom is 0.573 e. The summed E-state index contributed by atoms with van der Waals surface area (Å²) in [6.45, 7) is 0. The van der Waals surface area contributed by atoms with Gasteiger partial charge in [0, 0.05) is 29.6 Å². The summed E-state index contributed by atoms with van der Waals surface area (Å²) in [5.74, 6) is 0.376. The molecule has 0 atom stereocenters. The third-order valence-corrected chi connectivity index (χ3v) is 6.64. The molecular formula is C26H18F3IN6OS. The minimum atomic E-state index is -4.74. The number of alkyl halides is 3. The van der Waals surface area contributed by atoms with E-state index in [0.717, 1.165) is 42.1 Å². The predicted octanol–water partition coefficient (Wildman–Crippen LogP) is 6.61. The molecule has 0 bridgehead atoms. The molecule has 38 heavy (non-hydrogen) atoms. The molecule has 2 N–H and O–H groups in total. The summed E-state index contributed by atoms with van der Waals surface area (Å²) in [7, 11) is 1.80. The molecule has 0 spiro atoms. The van der Waals surface area contributed by atoms with Crippen LogP contribution in [-0.4, -0.2) is 32.5 Å². The number of hydrogen-bond acceptors (Lipinski definition) is 5. The van der Waals surface area contributed by atoms with Gasteiger partial charge in [0.05, 0.1) is 15.5 Å². The van der Waals surface area contributed by atoms with E-state index in [-0.39, 0.29) is 5.75 Å². The molecular weight excluding hydrogens is 628 g/mol. The molecule has 5 rings (SSSR count). The Morgan fingerprint density at radius 2 is 1.84 bits per heavy atom. The number of nitrogens with one attached hydrogen (secondary N) is 2. The first-order chi connectivity index (χ1) is 18.2. The van der Waals surface area contributed by atoms with Crippen molar-refractivity contribution in [3.63, 3.8) is 0 Å². The SMILES string of the molecule is Cn1nc2c(ccc3cc(C=NNC(=S)Nc4ncccc4I)ccc32)c1-c1ccc(OC(F)(F)F)cc1. The van der Waals surface area contributed by atoms with Crippen LogP contribution in [0.5, 0.6) is 5.75 Å². The Morgan fingerprint density at radius 3 is 2.58 bits per heavy atom. The van der Waals surface area contributed by atoms with Crippen molar-refractivity contribution in [3.8, 4) is 17.0 Å². The molecule has 5 aromatic rings. The second-order valence-corrected chi connectivity index (χ2v) is 9.72. The van der Waals surface area contributed by atoms with Crippen molar-refractivity contribution in [2.45, 2.75) is 6.36 Å². The lowest BCUT2D eigenvalue weighted by Crippen LogP contribution is -2.24. The summed E-state index contributed by atoms with van der Waals surface area (Å²) in [5, 5.41) is 15.0. The Bertz CT molecular complexity index is 1690. The number of fused-ring (bicyclic) bond motifs is 3. The van der Waals surface area contributed by atoms with Gasteiger partial charge in [-0.05, 0) is 94.3 Å². The lowest BCUT2D eigenvalue weighted by molar-refractivity contribution is -0.274. The van der Waals surface area contributed by atoms with Crippen LogP contribution in [0.4, 0.5) is 19.0 Å². The van der Waals surface area contributed by atoms with Crippen LogP contribution in [0.3, 0.4) is 0 Å². The molecule has 0 unspecified atom stereocenters. The van der Waals surface area contributed by atoms with Gasteiger partial charge in [0.15, 0.2) is 5.11 Å². The molecule has 0 radical (unpaired) electrons. The number of aryl methyl sites for hydroxylation is 1. The predicted molar refractivity (Wildman–Crippen MR) is 154 cm³/mol. The Hall–Kier alpha value is -3.78. The Kier molecular flexibility index (Phi) is 7.17. The molecule has 2 heterocycles. The topological polar surface area (TPSA) is 76.4 Å². The second kappa shape index (κ2) is 10.5. The highest BCUT2D eigenvalue weighted by Gasteiger charge is 2.31. The van der Waals surface area contributed by atoms with Gasteiger partial charge < -0.3 is 10.1 Å². The van der Waals surface area contributed by atoms with Gasteiger partial charge in [-0.3, -0.25) is 10.1 Å². The van der Waals surface area contributed by atoms with E-state index in [1.807, 2.05) is 42.5 Å². The van der Waals surface area contributed by atoms with E-state index in [0.29, 0.717) is 10.9 Å². The maximum absolute atomic E-state index is 12.5. The molecule has 12 heteroatoms. The van der Waals surface area contributed by atoms with Gasteiger partial charge in [-0.25, -0.2) is 4.98 Å². The smallest absolute Gasteiger partial charge is 0.406 e. The fraction of sp³-hybridized carbons (Fsp3) is 0.0769. The van der Waals surface area contributed by atoms with Gasteiger partial charge in [-0.1, -0.05) is 18.2 Å². The summed E-state index contributed by atoms with van der Waals surface area (Å²) in [6.07, 6.45) is -1.40. The highest BCUT2D eigenvalue weighted by atomic mass is 127. The number of thiocarbonyl (C=S) groups is 1. The maximum atomic E-state index is 12.5. The Labute approximate surface area is 233 Å². The van der Waals surface area contributed by atoms with E-state index in [2.05, 4.69) is 53.3 Å². The van der Waals surface area contributed by atoms with E-state index in [4.69, 9.17) is 12.2 Å². The lowest BCUT2D eigenvalue weighted by atomic mass is 10.0. The van der Waals surface area contributed by atoms with Crippen molar-refractivity contribution in [2.24, 2.45) is 12.1 Å². The first-order valence-electron chi connectivity index (χ1n) is 11.1. The fourth-order valence-corrected chi connectivity index (χ4v) is 4.65. The lowest BCUT2D eigenvalue weighted by Gasteiger charge is -2.09. The van der Waals surface area contributed by atoms with Crippen LogP contribution >= 0.6 is 34.8 Å². The van der Waals surface area contributed by atoms with E-state index in [1.54, 1.807) is 36.3 Å². The molecule has 0 saturated heterocycles. The number of ether oxygens (including phenoxy) is 1. The zero-order chi connectivity index (χ0) is 26.9. The van der Waals surface area contributed by atoms with Gasteiger partial charge >= 0.3 is 6.36 Å². The van der Waals surface area contributed by atoms with Crippen molar-refractivity contribution >= 4 is 73.6 Å². The first kappa shape index (κ1) is 25.9. The minimum Gasteiger partial charge on any atom is -0.406 e. The summed E-state index contributed by atoms with van der Waals surface area (Å²) >= 11 is 7.45. The third-order valence-electron chi connectivity index (χ3n) is 5.58. The van der Waals surface area contributed by atoms with Crippen LogP contribution in [-0.2, 0) is 7.05 Å². The number of benzene rings is 3. The molecule has 2 aromatic heterocycles. The van der Waals surface area contributed by atoms with Crippen LogP contribution in [0.1, 0.15) is 5.56 Å². The highest BCUT2D eigenvalue weighted by molar-refractivity contribution is 14.1. The van der Waals surface area contributed by atoms with Crippen LogP contribution in [0.15, 0.2) is 78.0 Å². The van der Waals surface area contributed by atoms with Crippen molar-refractivity contribution in [2.75, 3.05) is 5.32 Å². The quantitative estimate of drug-likeness (QED) is 0.0969. The normalized spacial score (nSPS) is 11.8. The average molecular weight is 646 g/mol. The highest BCUT2D eigenvalue weighted by Crippen LogP contribution is 2.34. The molecule has 0 aliphatic carbocycles. The summed E-state index contributed by atoms with van der Waals surface area (Å²) in [6, 6.07) is 19.3. The standard InChI is InChI=1S/C26H18F3IN6OS/c1-36-23(16-5-8-18(9-6-16)37-26(27,28)29)20-11-7-17-13-15(4-10-19(17)22(20)35-36)14-32-34-25(38)33-24-21(30)3-2-12-31-24/h2-14H,1H3,(H2,31,33,34,38). The van der Waals surface area contributed by atoms with Crippen LogP contribution in [0.25, 0.3) is 32.9 Å². The number of pyridine rings is 1. The Morgan fingerprint density at radius 1 is 1.08 bits per heavy atom. The summed E-state index contributed by atoms with van der Waals surface area (Å²) < 4.78 is 44.1. The van der Waals surface area contributed by atoms with Crippen molar-refractivity contribution in [1.29, 1.82) is 0 Å². The molecule has 7 nitrogen and oxygen atoms in total. The Balaban J connectivity index is 1.36. The fourth-order valence-electron chi connectivity index (χ4n) is 4.02. The number of halogens is 4. The number of rotatable bonds is 5. The minimum absolute atomic E-state index is 0.273. The van der Waals surface area contributed by atoms with E-state index in [9.17, 15) is 13.2 Å². The zero-order valence-corrected chi connectivity index (χ0v) is 22.6. The monoisotopic (exact) mass is 646 g/mol. The van der Waals surface area contributed by atoms with Gasteiger partial charge in [0.1, 0.15) is 17.1 Å². The molecule has 0 saturated carbocycles. The largest absolute Gasteiger partial charge is 0.573 e. The summed E-state index contributed by atoms with van der Waals surface area (Å²) in [4.78, 5) is 4.24. The van der Waals surface area contributed by atoms with Gasteiger partial charge in [0.25, 0.3) is 0 Å². The number of anilines is 1. The van der Waals surface area contributed by atoms with Gasteiger partial charge in [-0.2, -0.15) is 10.2 Å². The molecule has 192 valence electrons. The van der Waals surface area contributed by atoms with Crippen molar-refractivity contribution in [3.05, 3.63) is 82.1 Å². The van der Waals surface area contributed by atoms with Crippen LogP contribution in [0, 0.1) is 3.57 Å². The molecule has 0 aliphatic rings. The number of nitrogens with zero attached hydrogens (tertiary/aromatic N) is 4. The second-order valence-electron chi connectivity index (χ2n) is 8.14. The van der Waals surface area contributed by atoms with Crippen LogP contribution in [0.2, 0.25) is 0 Å². The summed E-state index contributed by atoms with van der Waals surface area (Å²) in [5.41, 5.74) is 5.95. The third kappa shape index (κ3) is 5.70. The average Bonchev–Trinajstić information content (AvgIpc) is 3.21. The first-order valence-corrected chi connectivity index (χ1v) is 12.6. The van der Waals surface area contributed by atoms with Gasteiger partial charge in [-0.15, -0.1) is 13.2 Å².